The van der Waals surface area contributed by atoms with Crippen LogP contribution in [0.1, 0.15) is 31.9 Å². The zero-order chi connectivity index (χ0) is 23.1. The van der Waals surface area contributed by atoms with Crippen molar-refractivity contribution >= 4 is 17.6 Å². The molecule has 0 spiro atoms. The molecule has 1 saturated heterocycles. The van der Waals surface area contributed by atoms with Crippen LogP contribution in [0.5, 0.6) is 0 Å². The van der Waals surface area contributed by atoms with Crippen LogP contribution in [-0.4, -0.2) is 47.9 Å². The van der Waals surface area contributed by atoms with E-state index in [0.29, 0.717) is 17.0 Å². The van der Waals surface area contributed by atoms with Crippen molar-refractivity contribution in [1.29, 1.82) is 0 Å². The third kappa shape index (κ3) is 5.63. The van der Waals surface area contributed by atoms with E-state index in [9.17, 15) is 41.0 Å². The molecule has 2 rings (SSSR count). The summed E-state index contributed by atoms with van der Waals surface area (Å²) in [6.07, 6.45) is -14.2. The highest BCUT2D eigenvalue weighted by Crippen LogP contribution is 2.39. The van der Waals surface area contributed by atoms with E-state index in [2.05, 4.69) is 0 Å². The molecule has 168 valence electrons. The van der Waals surface area contributed by atoms with Crippen LogP contribution in [-0.2, 0) is 31.4 Å². The Balaban J connectivity index is 2.39. The minimum absolute atomic E-state index is 0.0680. The van der Waals surface area contributed by atoms with Gasteiger partial charge in [-0.05, 0) is 39.0 Å². The van der Waals surface area contributed by atoms with Gasteiger partial charge in [0.15, 0.2) is 12.2 Å². The predicted octanol–water partition coefficient (Wildman–Crippen LogP) is 3.16. The maximum Gasteiger partial charge on any atom is 0.416 e. The smallest absolute Gasteiger partial charge is 0.416 e. The number of rotatable bonds is 3. The van der Waals surface area contributed by atoms with Crippen LogP contribution in [0.25, 0.3) is 0 Å². The Hall–Kier alpha value is -2.34. The van der Waals surface area contributed by atoms with E-state index in [0.717, 1.165) is 0 Å². The number of morpholine rings is 1. The Morgan fingerprint density at radius 1 is 1.10 bits per heavy atom. The third-order valence-corrected chi connectivity index (χ3v) is 3.94. The van der Waals surface area contributed by atoms with Crippen molar-refractivity contribution in [2.24, 2.45) is 0 Å². The molecule has 0 saturated carbocycles. The summed E-state index contributed by atoms with van der Waals surface area (Å²) in [5.41, 5.74) is -4.91. The molecule has 1 aliphatic rings. The van der Waals surface area contributed by atoms with Crippen LogP contribution in [0.2, 0.25) is 0 Å². The first-order chi connectivity index (χ1) is 13.5. The summed E-state index contributed by atoms with van der Waals surface area (Å²) in [4.78, 5) is 25.2. The lowest BCUT2D eigenvalue weighted by atomic mass is 10.1. The van der Waals surface area contributed by atoms with Crippen LogP contribution in [0.4, 0.5) is 32.0 Å². The van der Waals surface area contributed by atoms with Gasteiger partial charge in [0.1, 0.15) is 5.60 Å². The number of aliphatic hydroxyl groups excluding tert-OH is 1. The second kappa shape index (κ2) is 8.06. The molecule has 0 aliphatic carbocycles. The summed E-state index contributed by atoms with van der Waals surface area (Å²) >= 11 is 0. The van der Waals surface area contributed by atoms with Gasteiger partial charge in [-0.3, -0.25) is 4.79 Å². The average Bonchev–Trinajstić information content (AvgIpc) is 2.58. The molecule has 1 aromatic carbocycles. The molecule has 1 aromatic rings. The van der Waals surface area contributed by atoms with Crippen molar-refractivity contribution in [3.05, 3.63) is 29.3 Å². The van der Waals surface area contributed by atoms with E-state index in [1.165, 1.54) is 20.8 Å². The number of esters is 1. The Kier molecular flexibility index (Phi) is 6.43. The summed E-state index contributed by atoms with van der Waals surface area (Å²) in [5.74, 6) is -2.39. The molecule has 0 radical (unpaired) electrons. The number of nitrogens with zero attached hydrogens (tertiary/aromatic N) is 1. The summed E-state index contributed by atoms with van der Waals surface area (Å²) in [6, 6.07) is 0.701. The van der Waals surface area contributed by atoms with E-state index in [1.54, 1.807) is 0 Å². The van der Waals surface area contributed by atoms with Crippen molar-refractivity contribution in [3.8, 4) is 0 Å². The molecule has 12 heteroatoms. The predicted molar refractivity (Wildman–Crippen MR) is 90.4 cm³/mol. The molecule has 0 aromatic heterocycles. The van der Waals surface area contributed by atoms with Gasteiger partial charge >= 0.3 is 18.3 Å². The molecular weight excluding hydrogens is 424 g/mol. The Morgan fingerprint density at radius 2 is 1.60 bits per heavy atom. The molecule has 1 amide bonds. The molecule has 2 unspecified atom stereocenters. The molecule has 2 atom stereocenters. The number of halogens is 6. The average molecular weight is 443 g/mol. The standard InChI is InChI=1S/C18H19F6NO5/c1-16(2,3)30-15(28)12(26)13-14(27)25(4-5-29-13)11-7-9(17(19,20)21)6-10(8-11)18(22,23)24/h6-8,12-13,26H,4-5H2,1-3H3. The van der Waals surface area contributed by atoms with Gasteiger partial charge in [-0.2, -0.15) is 26.3 Å². The fraction of sp³-hybridized carbons (Fsp3) is 0.556. The van der Waals surface area contributed by atoms with Gasteiger partial charge < -0.3 is 19.5 Å². The second-order valence-corrected chi connectivity index (χ2v) is 7.52. The van der Waals surface area contributed by atoms with Gasteiger partial charge in [-0.1, -0.05) is 0 Å². The summed E-state index contributed by atoms with van der Waals surface area (Å²) in [7, 11) is 0. The number of anilines is 1. The van der Waals surface area contributed by atoms with Gasteiger partial charge in [0.25, 0.3) is 5.91 Å². The molecule has 1 heterocycles. The molecule has 0 bridgehead atoms. The molecule has 1 fully saturated rings. The van der Waals surface area contributed by atoms with E-state index >= 15 is 0 Å². The molecule has 30 heavy (non-hydrogen) atoms. The largest absolute Gasteiger partial charge is 0.458 e. The lowest BCUT2D eigenvalue weighted by molar-refractivity contribution is -0.177. The zero-order valence-electron chi connectivity index (χ0n) is 16.1. The number of carbonyl (C=O) groups is 2. The van der Waals surface area contributed by atoms with Gasteiger partial charge in [-0.15, -0.1) is 0 Å². The topological polar surface area (TPSA) is 76.1 Å². The van der Waals surface area contributed by atoms with E-state index < -0.39 is 58.9 Å². The molecule has 1 N–H and O–H groups in total. The van der Waals surface area contributed by atoms with Crippen molar-refractivity contribution in [3.63, 3.8) is 0 Å². The first-order valence-corrected chi connectivity index (χ1v) is 8.64. The fourth-order valence-electron chi connectivity index (χ4n) is 2.67. The first-order valence-electron chi connectivity index (χ1n) is 8.64. The third-order valence-electron chi connectivity index (χ3n) is 3.94. The zero-order valence-corrected chi connectivity index (χ0v) is 16.1. The monoisotopic (exact) mass is 443 g/mol. The maximum atomic E-state index is 13.1. The summed E-state index contributed by atoms with van der Waals surface area (Å²) in [5, 5.41) is 10.1. The number of hydrogen-bond donors (Lipinski definition) is 1. The van der Waals surface area contributed by atoms with Gasteiger partial charge in [0.05, 0.1) is 17.7 Å². The number of alkyl halides is 6. The molecule has 6 nitrogen and oxygen atoms in total. The lowest BCUT2D eigenvalue weighted by Gasteiger charge is -2.35. The second-order valence-electron chi connectivity index (χ2n) is 7.52. The van der Waals surface area contributed by atoms with Crippen molar-refractivity contribution in [1.82, 2.24) is 0 Å². The van der Waals surface area contributed by atoms with Crippen molar-refractivity contribution in [2.75, 3.05) is 18.1 Å². The SMILES string of the molecule is CC(C)(C)OC(=O)C(O)C1OCCN(c2cc(C(F)(F)F)cc(C(F)(F)F)c2)C1=O. The van der Waals surface area contributed by atoms with Crippen LogP contribution < -0.4 is 4.90 Å². The van der Waals surface area contributed by atoms with Gasteiger partial charge in [0.2, 0.25) is 0 Å². The maximum absolute atomic E-state index is 13.1. The summed E-state index contributed by atoms with van der Waals surface area (Å²) in [6.45, 7) is 3.77. The quantitative estimate of drug-likeness (QED) is 0.574. The minimum Gasteiger partial charge on any atom is -0.458 e. The summed E-state index contributed by atoms with van der Waals surface area (Å²) < 4.78 is 88.4. The lowest BCUT2D eigenvalue weighted by Crippen LogP contribution is -2.55. The van der Waals surface area contributed by atoms with Crippen LogP contribution >= 0.6 is 0 Å². The number of aliphatic hydroxyl groups is 1. The highest BCUT2D eigenvalue weighted by molar-refractivity contribution is 6.00. The van der Waals surface area contributed by atoms with Crippen LogP contribution in [0.3, 0.4) is 0 Å². The molecule has 1 aliphatic heterocycles. The van der Waals surface area contributed by atoms with Gasteiger partial charge in [-0.25, -0.2) is 4.79 Å². The number of hydrogen-bond acceptors (Lipinski definition) is 5. The van der Waals surface area contributed by atoms with Crippen molar-refractivity contribution in [2.45, 2.75) is 50.9 Å². The normalized spacial score (nSPS) is 19.6. The van der Waals surface area contributed by atoms with Crippen LogP contribution in [0.15, 0.2) is 18.2 Å². The van der Waals surface area contributed by atoms with E-state index in [1.807, 2.05) is 0 Å². The van der Waals surface area contributed by atoms with Crippen molar-refractivity contribution < 1.29 is 50.5 Å². The highest BCUT2D eigenvalue weighted by atomic mass is 19.4. The van der Waals surface area contributed by atoms with E-state index in [-0.39, 0.29) is 19.2 Å². The molecular formula is C18H19F6NO5. The minimum atomic E-state index is -5.10. The Labute approximate surface area is 167 Å². The number of ether oxygens (including phenoxy) is 2. The first kappa shape index (κ1) is 23.9. The number of amides is 1. The Morgan fingerprint density at radius 3 is 2.03 bits per heavy atom. The number of benzene rings is 1. The van der Waals surface area contributed by atoms with E-state index in [4.69, 9.17) is 9.47 Å². The Bertz CT molecular complexity index is 783. The fourth-order valence-corrected chi connectivity index (χ4v) is 2.67. The van der Waals surface area contributed by atoms with Gasteiger partial charge in [0, 0.05) is 12.2 Å². The highest BCUT2D eigenvalue weighted by Gasteiger charge is 2.43. The van der Waals surface area contributed by atoms with Crippen LogP contribution in [0, 0.1) is 0 Å². The number of carbonyl (C=O) groups excluding carboxylic acids is 2.